The molecule has 0 aliphatic carbocycles. The quantitative estimate of drug-likeness (QED) is 0.487. The summed E-state index contributed by atoms with van der Waals surface area (Å²) in [4.78, 5) is 11.1. The lowest BCUT2D eigenvalue weighted by Gasteiger charge is -2.36. The fourth-order valence-corrected chi connectivity index (χ4v) is 2.77. The maximum atomic E-state index is 11.1. The first-order chi connectivity index (χ1) is 10.5. The van der Waals surface area contributed by atoms with Gasteiger partial charge in [-0.2, -0.15) is 5.10 Å². The molecule has 0 amide bonds. The summed E-state index contributed by atoms with van der Waals surface area (Å²) < 4.78 is 10.4. The second-order valence-electron chi connectivity index (χ2n) is 5.76. The van der Waals surface area contributed by atoms with Crippen molar-refractivity contribution in [3.8, 4) is 11.5 Å². The van der Waals surface area contributed by atoms with Crippen LogP contribution < -0.4 is 9.47 Å². The third-order valence-electron chi connectivity index (χ3n) is 3.93. The number of nitrogens with zero attached hydrogens (tertiary/aromatic N) is 2. The highest BCUT2D eigenvalue weighted by atomic mass is 16.6. The third-order valence-corrected chi connectivity index (χ3v) is 3.93. The van der Waals surface area contributed by atoms with Gasteiger partial charge in [0.05, 0.1) is 13.3 Å². The van der Waals surface area contributed by atoms with Crippen LogP contribution in [0.2, 0.25) is 0 Å². The van der Waals surface area contributed by atoms with Gasteiger partial charge >= 0.3 is 5.97 Å². The second-order valence-corrected chi connectivity index (χ2v) is 5.76. The number of esters is 1. The number of hydrazone groups is 1. The Morgan fingerprint density at radius 2 is 1.95 bits per heavy atom. The number of carbonyl (C=O) groups is 1. The van der Waals surface area contributed by atoms with Crippen molar-refractivity contribution in [3.05, 3.63) is 23.8 Å². The minimum Gasteiger partial charge on any atom is -0.493 e. The van der Waals surface area contributed by atoms with Gasteiger partial charge in [0.1, 0.15) is 0 Å². The Morgan fingerprint density at radius 3 is 2.55 bits per heavy atom. The molecule has 2 rings (SSSR count). The first-order valence-corrected chi connectivity index (χ1v) is 7.70. The highest BCUT2D eigenvalue weighted by molar-refractivity contribution is 5.81. The maximum absolute atomic E-state index is 11.1. The highest BCUT2D eigenvalue weighted by Crippen LogP contribution is 2.28. The smallest absolute Gasteiger partial charge is 0.308 e. The van der Waals surface area contributed by atoms with E-state index in [1.54, 1.807) is 13.2 Å². The SMILES string of the molecule is COc1cc(/C=N\N2[C@@H](C)CCC[C@@H]2C)ccc1OC(C)=O. The van der Waals surface area contributed by atoms with Crippen LogP contribution in [0.3, 0.4) is 0 Å². The van der Waals surface area contributed by atoms with E-state index in [4.69, 9.17) is 9.47 Å². The largest absolute Gasteiger partial charge is 0.493 e. The second kappa shape index (κ2) is 7.29. The molecule has 1 aliphatic heterocycles. The molecule has 0 radical (unpaired) electrons. The van der Waals surface area contributed by atoms with Gasteiger partial charge in [-0.15, -0.1) is 0 Å². The maximum Gasteiger partial charge on any atom is 0.308 e. The first-order valence-electron chi connectivity index (χ1n) is 7.70. The molecule has 2 atom stereocenters. The molecule has 1 saturated heterocycles. The number of ether oxygens (including phenoxy) is 2. The van der Waals surface area contributed by atoms with Crippen LogP contribution in [0.1, 0.15) is 45.6 Å². The van der Waals surface area contributed by atoms with Gasteiger partial charge in [-0.25, -0.2) is 0 Å². The Kier molecular flexibility index (Phi) is 5.41. The zero-order chi connectivity index (χ0) is 16.1. The van der Waals surface area contributed by atoms with E-state index in [0.29, 0.717) is 23.6 Å². The van der Waals surface area contributed by atoms with Crippen molar-refractivity contribution in [2.24, 2.45) is 5.10 Å². The lowest BCUT2D eigenvalue weighted by Crippen LogP contribution is -2.39. The van der Waals surface area contributed by atoms with Gasteiger partial charge in [-0.1, -0.05) is 0 Å². The van der Waals surface area contributed by atoms with Crippen LogP contribution in [-0.4, -0.2) is 36.4 Å². The van der Waals surface area contributed by atoms with E-state index in [-0.39, 0.29) is 5.97 Å². The lowest BCUT2D eigenvalue weighted by atomic mass is 10.00. The number of benzene rings is 1. The van der Waals surface area contributed by atoms with Crippen molar-refractivity contribution in [1.29, 1.82) is 0 Å². The van der Waals surface area contributed by atoms with E-state index in [1.807, 2.05) is 18.3 Å². The van der Waals surface area contributed by atoms with E-state index < -0.39 is 0 Å². The Bertz CT molecular complexity index is 547. The topological polar surface area (TPSA) is 51.1 Å². The molecule has 1 aliphatic rings. The molecule has 22 heavy (non-hydrogen) atoms. The van der Waals surface area contributed by atoms with Gasteiger partial charge in [-0.05, 0) is 56.9 Å². The predicted octanol–water partition coefficient (Wildman–Crippen LogP) is 3.22. The monoisotopic (exact) mass is 304 g/mol. The Morgan fingerprint density at radius 1 is 1.27 bits per heavy atom. The Labute approximate surface area is 131 Å². The molecule has 0 saturated carbocycles. The number of hydrogen-bond acceptors (Lipinski definition) is 5. The van der Waals surface area contributed by atoms with E-state index >= 15 is 0 Å². The molecule has 120 valence electrons. The Balaban J connectivity index is 2.15. The number of piperidine rings is 1. The van der Waals surface area contributed by atoms with Crippen molar-refractivity contribution in [2.45, 2.75) is 52.1 Å². The lowest BCUT2D eigenvalue weighted by molar-refractivity contribution is -0.132. The van der Waals surface area contributed by atoms with E-state index in [1.165, 1.54) is 26.2 Å². The fourth-order valence-electron chi connectivity index (χ4n) is 2.77. The number of rotatable bonds is 4. The van der Waals surface area contributed by atoms with E-state index in [0.717, 1.165) is 5.56 Å². The van der Waals surface area contributed by atoms with Crippen molar-refractivity contribution in [2.75, 3.05) is 7.11 Å². The number of hydrogen-bond donors (Lipinski definition) is 0. The van der Waals surface area contributed by atoms with Gasteiger partial charge in [0.15, 0.2) is 11.5 Å². The summed E-state index contributed by atoms with van der Waals surface area (Å²) in [5, 5.41) is 6.79. The van der Waals surface area contributed by atoms with Crippen LogP contribution >= 0.6 is 0 Å². The molecule has 5 heteroatoms. The molecule has 1 aromatic carbocycles. The summed E-state index contributed by atoms with van der Waals surface area (Å²) in [6, 6.07) is 6.33. The van der Waals surface area contributed by atoms with Crippen LogP contribution in [0, 0.1) is 0 Å². The summed E-state index contributed by atoms with van der Waals surface area (Å²) in [7, 11) is 1.55. The summed E-state index contributed by atoms with van der Waals surface area (Å²) in [5.41, 5.74) is 0.915. The normalized spacial score (nSPS) is 21.9. The van der Waals surface area contributed by atoms with Gasteiger partial charge in [0.2, 0.25) is 0 Å². The Hall–Kier alpha value is -2.04. The molecule has 0 aromatic heterocycles. The third kappa shape index (κ3) is 4.00. The van der Waals surface area contributed by atoms with Crippen LogP contribution in [-0.2, 0) is 4.79 Å². The van der Waals surface area contributed by atoms with Crippen molar-refractivity contribution in [1.82, 2.24) is 5.01 Å². The zero-order valence-corrected chi connectivity index (χ0v) is 13.7. The van der Waals surface area contributed by atoms with Crippen molar-refractivity contribution in [3.63, 3.8) is 0 Å². The number of carbonyl (C=O) groups excluding carboxylic acids is 1. The molecular formula is C17H24N2O3. The highest BCUT2D eigenvalue weighted by Gasteiger charge is 2.22. The summed E-state index contributed by atoms with van der Waals surface area (Å²) in [6.07, 6.45) is 5.45. The summed E-state index contributed by atoms with van der Waals surface area (Å²) in [6.45, 7) is 5.78. The van der Waals surface area contributed by atoms with Crippen LogP contribution in [0.25, 0.3) is 0 Å². The minimum atomic E-state index is -0.365. The first kappa shape index (κ1) is 16.3. The number of methoxy groups -OCH3 is 1. The van der Waals surface area contributed by atoms with Crippen molar-refractivity contribution >= 4 is 12.2 Å². The predicted molar refractivity (Wildman–Crippen MR) is 86.5 cm³/mol. The molecule has 0 unspecified atom stereocenters. The van der Waals surface area contributed by atoms with Gasteiger partial charge < -0.3 is 9.47 Å². The molecule has 1 fully saturated rings. The minimum absolute atomic E-state index is 0.365. The molecule has 1 heterocycles. The molecule has 0 spiro atoms. The molecule has 0 N–H and O–H groups in total. The van der Waals surface area contributed by atoms with Gasteiger partial charge in [-0.3, -0.25) is 9.80 Å². The summed E-state index contributed by atoms with van der Waals surface area (Å²) >= 11 is 0. The van der Waals surface area contributed by atoms with Gasteiger partial charge in [0, 0.05) is 19.0 Å². The van der Waals surface area contributed by atoms with Crippen molar-refractivity contribution < 1.29 is 14.3 Å². The van der Waals surface area contributed by atoms with E-state index in [9.17, 15) is 4.79 Å². The van der Waals surface area contributed by atoms with E-state index in [2.05, 4.69) is 24.0 Å². The average Bonchev–Trinajstić information content (AvgIpc) is 2.47. The average molecular weight is 304 g/mol. The molecule has 5 nitrogen and oxygen atoms in total. The van der Waals surface area contributed by atoms with Crippen LogP contribution in [0.5, 0.6) is 11.5 Å². The summed E-state index contributed by atoms with van der Waals surface area (Å²) in [5.74, 6) is 0.585. The van der Waals surface area contributed by atoms with Crippen LogP contribution in [0.15, 0.2) is 23.3 Å². The standard InChI is InChI=1S/C17H24N2O3/c1-12-6-5-7-13(2)19(12)18-11-15-8-9-16(22-14(3)20)17(10-15)21-4/h8-13H,5-7H2,1-4H3/b18-11-/t12-,13-/m0/s1. The molecule has 0 bridgehead atoms. The van der Waals surface area contributed by atoms with Crippen LogP contribution in [0.4, 0.5) is 0 Å². The zero-order valence-electron chi connectivity index (χ0n) is 13.7. The van der Waals surface area contributed by atoms with Gasteiger partial charge in [0.25, 0.3) is 0 Å². The fraction of sp³-hybridized carbons (Fsp3) is 0.529. The molecular weight excluding hydrogens is 280 g/mol. The molecule has 1 aromatic rings.